The summed E-state index contributed by atoms with van der Waals surface area (Å²) < 4.78 is 7.86. The molecular formula is C18H21N3O2. The number of likely N-dealkylation sites (tertiary alicyclic amines) is 1. The number of nitrogens with zero attached hydrogens (tertiary/aromatic N) is 1. The van der Waals surface area contributed by atoms with Crippen LogP contribution in [-0.4, -0.2) is 35.3 Å². The molecule has 120 valence electrons. The van der Waals surface area contributed by atoms with Crippen LogP contribution >= 0.6 is 0 Å². The molecule has 0 radical (unpaired) electrons. The fraction of sp³-hybridized carbons (Fsp3) is 0.444. The number of nitrogens with one attached hydrogen (secondary N) is 2. The zero-order valence-electron chi connectivity index (χ0n) is 14.0. The van der Waals surface area contributed by atoms with E-state index in [1.165, 1.54) is 5.56 Å². The molecule has 5 nitrogen and oxygen atoms in total. The van der Waals surface area contributed by atoms with Gasteiger partial charge in [-0.1, -0.05) is 30.8 Å². The molecule has 2 N–H and O–H groups in total. The lowest BCUT2D eigenvalue weighted by molar-refractivity contribution is -0.132. The van der Waals surface area contributed by atoms with Gasteiger partial charge in [0.05, 0.1) is 19.7 Å². The molecule has 2 saturated heterocycles. The van der Waals surface area contributed by atoms with Gasteiger partial charge in [0.25, 0.3) is 5.91 Å². The Hall–Kier alpha value is -2.30. The first-order chi connectivity index (χ1) is 11.5. The van der Waals surface area contributed by atoms with E-state index in [4.69, 9.17) is 1.37 Å². The van der Waals surface area contributed by atoms with E-state index in [1.807, 2.05) is 12.1 Å². The van der Waals surface area contributed by atoms with Crippen LogP contribution in [0.1, 0.15) is 37.7 Å². The van der Waals surface area contributed by atoms with Crippen LogP contribution in [0.4, 0.5) is 0 Å². The van der Waals surface area contributed by atoms with Crippen molar-refractivity contribution in [3.05, 3.63) is 47.8 Å². The lowest BCUT2D eigenvalue weighted by Gasteiger charge is -2.29. The second-order valence-corrected chi connectivity index (χ2v) is 6.72. The van der Waals surface area contributed by atoms with E-state index in [-0.39, 0.29) is 17.7 Å². The molecule has 1 aromatic rings. The second kappa shape index (κ2) is 5.11. The van der Waals surface area contributed by atoms with E-state index in [9.17, 15) is 9.59 Å². The van der Waals surface area contributed by atoms with Crippen molar-refractivity contribution in [1.82, 2.24) is 15.5 Å². The van der Waals surface area contributed by atoms with Gasteiger partial charge in [-0.2, -0.15) is 0 Å². The third-order valence-corrected chi connectivity index (χ3v) is 5.27. The van der Waals surface area contributed by atoms with E-state index in [1.54, 1.807) is 11.0 Å². The fourth-order valence-electron chi connectivity index (χ4n) is 4.08. The first kappa shape index (κ1) is 13.2. The van der Waals surface area contributed by atoms with Gasteiger partial charge in [-0.25, -0.2) is 0 Å². The summed E-state index contributed by atoms with van der Waals surface area (Å²) in [6, 6.07) is 6.03. The minimum Gasteiger partial charge on any atom is -0.356 e. The summed E-state index contributed by atoms with van der Waals surface area (Å²) in [6.45, 7) is 4.70. The Bertz CT molecular complexity index is 748. The van der Waals surface area contributed by atoms with Gasteiger partial charge < -0.3 is 15.5 Å². The largest absolute Gasteiger partial charge is 0.356 e. The number of aryl methyl sites for hydroxylation is 1. The third kappa shape index (κ3) is 2.22. The molecule has 2 heterocycles. The number of carbonyl (C=O) groups is 2. The Morgan fingerprint density at radius 3 is 3.13 bits per heavy atom. The minimum atomic E-state index is -0.721. The van der Waals surface area contributed by atoms with Gasteiger partial charge in [0.1, 0.15) is 5.54 Å². The zero-order chi connectivity index (χ0) is 16.9. The van der Waals surface area contributed by atoms with Crippen LogP contribution in [0.2, 0.25) is 0 Å². The number of carbonyl (C=O) groups excluding carboxylic acids is 2. The molecule has 0 aromatic heterocycles. The topological polar surface area (TPSA) is 61.4 Å². The Kier molecular flexibility index (Phi) is 2.93. The summed E-state index contributed by atoms with van der Waals surface area (Å²) in [7, 11) is 0. The smallest absolute Gasteiger partial charge is 0.253 e. The predicted molar refractivity (Wildman–Crippen MR) is 86.5 cm³/mol. The Morgan fingerprint density at radius 2 is 2.35 bits per heavy atom. The van der Waals surface area contributed by atoms with Crippen LogP contribution in [0, 0.1) is 0 Å². The summed E-state index contributed by atoms with van der Waals surface area (Å²) in [5, 5.41) is 5.82. The predicted octanol–water partition coefficient (Wildman–Crippen LogP) is 1.27. The number of fused-ring (bicyclic) bond motifs is 1. The summed E-state index contributed by atoms with van der Waals surface area (Å²) in [5.41, 5.74) is 1.45. The molecule has 0 saturated carbocycles. The molecule has 2 amide bonds. The molecule has 5 heteroatoms. The molecule has 0 bridgehead atoms. The van der Waals surface area contributed by atoms with Gasteiger partial charge in [0, 0.05) is 6.54 Å². The maximum absolute atomic E-state index is 13.1. The van der Waals surface area contributed by atoms with Crippen LogP contribution < -0.4 is 10.6 Å². The number of hydrogen-bond acceptors (Lipinski definition) is 3. The van der Waals surface area contributed by atoms with Crippen molar-refractivity contribution >= 4 is 11.8 Å². The highest BCUT2D eigenvalue weighted by Crippen LogP contribution is 2.35. The molecule has 2 atom stereocenters. The molecule has 2 unspecified atom stereocenters. The summed E-state index contributed by atoms with van der Waals surface area (Å²) >= 11 is 0. The maximum atomic E-state index is 13.1. The van der Waals surface area contributed by atoms with Crippen molar-refractivity contribution in [3.8, 4) is 0 Å². The van der Waals surface area contributed by atoms with E-state index in [2.05, 4.69) is 17.2 Å². The highest BCUT2D eigenvalue weighted by molar-refractivity contribution is 5.93. The van der Waals surface area contributed by atoms with Crippen molar-refractivity contribution in [2.75, 3.05) is 13.1 Å². The Morgan fingerprint density at radius 1 is 1.48 bits per heavy atom. The molecule has 2 aliphatic heterocycles. The number of amides is 2. The summed E-state index contributed by atoms with van der Waals surface area (Å²) in [6.07, 6.45) is 3.36. The van der Waals surface area contributed by atoms with Crippen molar-refractivity contribution in [2.45, 2.75) is 37.1 Å². The third-order valence-electron chi connectivity index (χ3n) is 5.27. The van der Waals surface area contributed by atoms with E-state index < -0.39 is 5.54 Å². The van der Waals surface area contributed by atoms with Crippen molar-refractivity contribution in [3.63, 3.8) is 0 Å². The van der Waals surface area contributed by atoms with Crippen molar-refractivity contribution in [1.29, 1.82) is 0 Å². The van der Waals surface area contributed by atoms with Gasteiger partial charge in [0.15, 0.2) is 0 Å². The van der Waals surface area contributed by atoms with Crippen LogP contribution in [0.5, 0.6) is 0 Å². The Labute approximate surface area is 137 Å². The minimum absolute atomic E-state index is 0.0746. The lowest BCUT2D eigenvalue weighted by atomic mass is 9.82. The first-order valence-electron chi connectivity index (χ1n) is 8.65. The normalized spacial score (nSPS) is 30.0. The summed E-state index contributed by atoms with van der Waals surface area (Å²) in [4.78, 5) is 27.1. The molecule has 3 aliphatic rings. The fourth-order valence-corrected chi connectivity index (χ4v) is 4.08. The number of benzene rings is 1. The van der Waals surface area contributed by atoms with Crippen LogP contribution in [0.15, 0.2) is 36.6 Å². The lowest BCUT2D eigenvalue weighted by Crippen LogP contribution is -2.49. The van der Waals surface area contributed by atoms with Gasteiger partial charge in [0.2, 0.25) is 5.91 Å². The average molecular weight is 313 g/mol. The molecule has 2 fully saturated rings. The number of rotatable bonds is 1. The molecule has 4 rings (SSSR count). The highest BCUT2D eigenvalue weighted by atomic mass is 16.2. The molecule has 1 aromatic carbocycles. The van der Waals surface area contributed by atoms with Gasteiger partial charge in [-0.15, -0.1) is 0 Å². The van der Waals surface area contributed by atoms with Crippen molar-refractivity contribution < 1.29 is 11.0 Å². The summed E-state index contributed by atoms with van der Waals surface area (Å²) in [5.74, 6) is 0.295. The molecule has 23 heavy (non-hydrogen) atoms. The van der Waals surface area contributed by atoms with Gasteiger partial charge in [-0.3, -0.25) is 9.59 Å². The zero-order valence-corrected chi connectivity index (χ0v) is 13.0. The highest BCUT2D eigenvalue weighted by Gasteiger charge is 2.50. The standard InChI is InChI=1S/C18H21N3O2/c1-12-19-17(23)18(20-12)9-10-21(11-18)16(22)15-8-4-6-13-5-2-3-7-14(13)15/h2-3,5,7,15,20H,1,4,6,8-11H2,(H,19,23)/i3T. The van der Waals surface area contributed by atoms with Crippen LogP contribution in [0.3, 0.4) is 0 Å². The quantitative estimate of drug-likeness (QED) is 0.821. The van der Waals surface area contributed by atoms with E-state index in [0.717, 1.165) is 24.8 Å². The monoisotopic (exact) mass is 313 g/mol. The molecule has 1 spiro atoms. The van der Waals surface area contributed by atoms with Gasteiger partial charge in [-0.05, 0) is 36.8 Å². The average Bonchev–Trinajstić information content (AvgIpc) is 3.10. The van der Waals surface area contributed by atoms with E-state index in [0.29, 0.717) is 31.4 Å². The van der Waals surface area contributed by atoms with Crippen LogP contribution in [0.25, 0.3) is 0 Å². The maximum Gasteiger partial charge on any atom is 0.253 e. The first-order valence-corrected chi connectivity index (χ1v) is 8.15. The van der Waals surface area contributed by atoms with Crippen molar-refractivity contribution in [2.24, 2.45) is 0 Å². The van der Waals surface area contributed by atoms with Crippen LogP contribution in [-0.2, 0) is 16.0 Å². The molecular weight excluding hydrogens is 290 g/mol. The Balaban J connectivity index is 1.57. The second-order valence-electron chi connectivity index (χ2n) is 6.72. The molecule has 1 aliphatic carbocycles. The SMILES string of the molecule is [3H]c1ccc2c(c1)C(C(=O)N1CCC3(C1)NC(=C)NC3=O)CCC2. The van der Waals surface area contributed by atoms with E-state index >= 15 is 0 Å². The van der Waals surface area contributed by atoms with Gasteiger partial charge >= 0.3 is 0 Å². The number of hydrogen-bond donors (Lipinski definition) is 2.